The van der Waals surface area contributed by atoms with E-state index >= 15 is 0 Å². The van der Waals surface area contributed by atoms with Crippen LogP contribution in [0, 0.1) is 0 Å². The van der Waals surface area contributed by atoms with Gasteiger partial charge >= 0.3 is 0 Å². The van der Waals surface area contributed by atoms with Crippen LogP contribution in [0.5, 0.6) is 0 Å². The molecule has 5 heterocycles. The van der Waals surface area contributed by atoms with E-state index < -0.39 is 224 Å². The fourth-order valence-electron chi connectivity index (χ4n) is 7.90. The predicted molar refractivity (Wildman–Crippen MR) is 201 cm³/mol. The van der Waals surface area contributed by atoms with E-state index in [0.29, 0.717) is 0 Å². The molecule has 0 bridgehead atoms. The van der Waals surface area contributed by atoms with Crippen molar-refractivity contribution >= 4 is 0 Å². The predicted octanol–water partition coefficient (Wildman–Crippen LogP) is -14.5. The van der Waals surface area contributed by atoms with Crippen molar-refractivity contribution < 1.29 is 155 Å². The van der Waals surface area contributed by atoms with Gasteiger partial charge in [0.05, 0.1) is 46.2 Å². The van der Waals surface area contributed by atoms with Gasteiger partial charge < -0.3 is 155 Å². The van der Waals surface area contributed by atoms with Gasteiger partial charge in [-0.1, -0.05) is 0 Å². The maximum absolute atomic E-state index is 11.2. The van der Waals surface area contributed by atoms with Crippen molar-refractivity contribution in [1.82, 2.24) is 0 Å². The summed E-state index contributed by atoms with van der Waals surface area (Å²) in [5, 5.41) is 217. The minimum atomic E-state index is -2.19. The highest BCUT2D eigenvalue weighted by atomic mass is 16.8. The van der Waals surface area contributed by atoms with E-state index in [1.165, 1.54) is 0 Å². The van der Waals surface area contributed by atoms with Gasteiger partial charge in [-0.05, 0) is 0 Å². The van der Waals surface area contributed by atoms with Gasteiger partial charge in [-0.2, -0.15) is 0 Å². The minimum Gasteiger partial charge on any atom is -0.394 e. The monoisotopic (exact) mass is 992 g/mol. The first-order chi connectivity index (χ1) is 31.6. The molecule has 5 aliphatic heterocycles. The second kappa shape index (κ2) is 24.9. The Morgan fingerprint density at radius 2 is 0.672 bits per heavy atom. The summed E-state index contributed by atoms with van der Waals surface area (Å²) >= 11 is 0. The molecule has 0 spiro atoms. The van der Waals surface area contributed by atoms with E-state index in [0.717, 1.165) is 0 Å². The SMILES string of the molecule is OC[C@@H](O)[C@@H](O[C@H]1O[C@H](CO)[C@@H](O[C@H]2O[C@H](CO)[C@@H](O[C@H]3O[C@H](CO[C@H]4O[C@H](CO[C@H]5O[C@H](CO)[C@@H](O)[C@H](O)[C@H]5O)[C@@H](O)[C@H](O)[C@H]4O)[C@@H](O)[C@H](O)[C@H]3O)[C@H](O)[C@H]2O)[C@H](O)[C@H]1O)[C@H](O)[C@@H](O)CO. The van der Waals surface area contributed by atoms with Crippen LogP contribution >= 0.6 is 0 Å². The third kappa shape index (κ3) is 12.5. The van der Waals surface area contributed by atoms with Gasteiger partial charge in [0.2, 0.25) is 0 Å². The lowest BCUT2D eigenvalue weighted by Crippen LogP contribution is -2.67. The second-order valence-corrected chi connectivity index (χ2v) is 16.6. The van der Waals surface area contributed by atoms with E-state index in [-0.39, 0.29) is 0 Å². The summed E-state index contributed by atoms with van der Waals surface area (Å²) in [5.74, 6) is 0. The van der Waals surface area contributed by atoms with Crippen molar-refractivity contribution in [3.8, 4) is 0 Å². The van der Waals surface area contributed by atoms with Crippen LogP contribution in [0.15, 0.2) is 0 Å². The lowest BCUT2D eigenvalue weighted by molar-refractivity contribution is -0.385. The molecule has 0 radical (unpaired) electrons. The molecule has 29 atom stereocenters. The topological polar surface area (TPSA) is 517 Å². The lowest BCUT2D eigenvalue weighted by Gasteiger charge is -2.48. The average molecular weight is 993 g/mol. The van der Waals surface area contributed by atoms with Gasteiger partial charge in [-0.3, -0.25) is 0 Å². The third-order valence-corrected chi connectivity index (χ3v) is 12.0. The molecule has 394 valence electrons. The van der Waals surface area contributed by atoms with Crippen LogP contribution in [-0.2, 0) is 47.4 Å². The molecule has 5 saturated heterocycles. The van der Waals surface area contributed by atoms with Crippen LogP contribution in [0.2, 0.25) is 0 Å². The second-order valence-electron chi connectivity index (χ2n) is 16.6. The largest absolute Gasteiger partial charge is 0.394 e. The first-order valence-corrected chi connectivity index (χ1v) is 21.1. The highest BCUT2D eigenvalue weighted by Crippen LogP contribution is 2.34. The smallest absolute Gasteiger partial charge is 0.187 e. The van der Waals surface area contributed by atoms with Crippen molar-refractivity contribution in [3.05, 3.63) is 0 Å². The zero-order valence-electron chi connectivity index (χ0n) is 35.2. The van der Waals surface area contributed by atoms with E-state index in [4.69, 9.17) is 47.4 Å². The molecule has 0 aliphatic carbocycles. The summed E-state index contributed by atoms with van der Waals surface area (Å²) < 4.78 is 54.9. The highest BCUT2D eigenvalue weighted by molar-refractivity contribution is 4.98. The standard InChI is InChI=1S/C36H64O31/c37-1-8(42)15(44)29(9(43)2-38)65-35-27(56)22(51)31(11(4-40)61-35)67-36-28(57)23(52)30(12(5-41)62-36)66-34-26(55)21(50)18(47)14(64-34)7-59-33-25(54)20(49)17(46)13(63-33)6-58-32-24(53)19(48)16(45)10(3-39)60-32/h8-57H,1-7H2/t8-,9+,10+,11+,12+,13+,14+,15+,16+,17+,18+,19-,20-,21-,22+,23+,24+,25+,26+,27+,28+,29+,30+,31+,32-,33-,34+,35+,36+/m0/s1. The fraction of sp³-hybridized carbons (Fsp3) is 1.00. The summed E-state index contributed by atoms with van der Waals surface area (Å²) in [7, 11) is 0. The van der Waals surface area contributed by atoms with Gasteiger partial charge in [0.15, 0.2) is 31.5 Å². The number of rotatable bonds is 20. The van der Waals surface area contributed by atoms with Crippen LogP contribution in [0.25, 0.3) is 0 Å². The van der Waals surface area contributed by atoms with Crippen LogP contribution in [0.4, 0.5) is 0 Å². The minimum absolute atomic E-state index is 0.718. The summed E-state index contributed by atoms with van der Waals surface area (Å²) in [6, 6.07) is 0. The number of aliphatic hydroxyl groups excluding tert-OH is 21. The van der Waals surface area contributed by atoms with Crippen molar-refractivity contribution in [3.63, 3.8) is 0 Å². The maximum atomic E-state index is 11.2. The molecule has 21 N–H and O–H groups in total. The van der Waals surface area contributed by atoms with Crippen LogP contribution < -0.4 is 0 Å². The molecule has 31 nitrogen and oxygen atoms in total. The number of ether oxygens (including phenoxy) is 10. The highest BCUT2D eigenvalue weighted by Gasteiger charge is 2.55. The summed E-state index contributed by atoms with van der Waals surface area (Å²) in [6.07, 6.45) is -55.3. The molecule has 5 rings (SSSR count). The van der Waals surface area contributed by atoms with Crippen LogP contribution in [-0.4, -0.2) is 331 Å². The molecule has 5 fully saturated rings. The number of aliphatic hydroxyl groups is 21. The number of hydrogen-bond acceptors (Lipinski definition) is 31. The van der Waals surface area contributed by atoms with Gasteiger partial charge in [-0.25, -0.2) is 0 Å². The van der Waals surface area contributed by atoms with Crippen LogP contribution in [0.3, 0.4) is 0 Å². The first-order valence-electron chi connectivity index (χ1n) is 21.1. The van der Waals surface area contributed by atoms with E-state index in [9.17, 15) is 107 Å². The van der Waals surface area contributed by atoms with Gasteiger partial charge in [0.25, 0.3) is 0 Å². The van der Waals surface area contributed by atoms with E-state index in [2.05, 4.69) is 0 Å². The van der Waals surface area contributed by atoms with Crippen molar-refractivity contribution in [1.29, 1.82) is 0 Å². The Labute approximate surface area is 378 Å². The molecule has 0 aromatic rings. The zero-order valence-corrected chi connectivity index (χ0v) is 35.2. The molecule has 0 amide bonds. The van der Waals surface area contributed by atoms with Crippen molar-refractivity contribution in [2.75, 3.05) is 46.2 Å². The molecule has 0 aromatic carbocycles. The molecular formula is C36H64O31. The van der Waals surface area contributed by atoms with Gasteiger partial charge in [0, 0.05) is 0 Å². The first kappa shape index (κ1) is 56.7. The summed E-state index contributed by atoms with van der Waals surface area (Å²) in [5.41, 5.74) is 0. The van der Waals surface area contributed by atoms with Crippen molar-refractivity contribution in [2.45, 2.75) is 178 Å². The van der Waals surface area contributed by atoms with Gasteiger partial charge in [0.1, 0.15) is 146 Å². The maximum Gasteiger partial charge on any atom is 0.187 e. The molecule has 67 heavy (non-hydrogen) atoms. The molecule has 31 heteroatoms. The Kier molecular flexibility index (Phi) is 21.1. The fourth-order valence-corrected chi connectivity index (χ4v) is 7.90. The average Bonchev–Trinajstić information content (AvgIpc) is 3.32. The van der Waals surface area contributed by atoms with Crippen molar-refractivity contribution in [2.24, 2.45) is 0 Å². The normalized spacial score (nSPS) is 48.4. The summed E-state index contributed by atoms with van der Waals surface area (Å²) in [4.78, 5) is 0. The Morgan fingerprint density at radius 1 is 0.343 bits per heavy atom. The lowest BCUT2D eigenvalue weighted by atomic mass is 9.96. The third-order valence-electron chi connectivity index (χ3n) is 12.0. The van der Waals surface area contributed by atoms with Gasteiger partial charge in [-0.15, -0.1) is 0 Å². The zero-order chi connectivity index (χ0) is 49.8. The molecular weight excluding hydrogens is 928 g/mol. The molecule has 0 aromatic heterocycles. The van der Waals surface area contributed by atoms with E-state index in [1.807, 2.05) is 0 Å². The van der Waals surface area contributed by atoms with E-state index in [1.54, 1.807) is 0 Å². The molecule has 0 saturated carbocycles. The van der Waals surface area contributed by atoms with Crippen LogP contribution in [0.1, 0.15) is 0 Å². The molecule has 0 unspecified atom stereocenters. The summed E-state index contributed by atoms with van der Waals surface area (Å²) in [6.45, 7) is -6.49. The quantitative estimate of drug-likeness (QED) is 0.0538. The molecule has 5 aliphatic rings. The Bertz CT molecular complexity index is 1450. The number of hydrogen-bond donors (Lipinski definition) is 21. The Hall–Kier alpha value is -1.24. The Balaban J connectivity index is 1.20. The Morgan fingerprint density at radius 3 is 1.09 bits per heavy atom.